The lowest BCUT2D eigenvalue weighted by atomic mass is 10.0. The third-order valence-electron chi connectivity index (χ3n) is 5.42. The molecular formula is C27H38O3. The number of aromatic hydroxyl groups is 3. The van der Waals surface area contributed by atoms with E-state index >= 15 is 0 Å². The van der Waals surface area contributed by atoms with Gasteiger partial charge in [0, 0.05) is 6.07 Å². The zero-order valence-corrected chi connectivity index (χ0v) is 18.4. The third-order valence-corrected chi connectivity index (χ3v) is 5.42. The van der Waals surface area contributed by atoms with E-state index in [0.717, 1.165) is 36.8 Å². The topological polar surface area (TPSA) is 60.7 Å². The molecular weight excluding hydrogens is 372 g/mol. The van der Waals surface area contributed by atoms with Crippen molar-refractivity contribution in [2.75, 3.05) is 0 Å². The quantitative estimate of drug-likeness (QED) is 0.225. The van der Waals surface area contributed by atoms with E-state index in [1.807, 2.05) is 13.0 Å². The third kappa shape index (κ3) is 10.4. The Morgan fingerprint density at radius 1 is 0.533 bits per heavy atom. The standard InChI is InChI=1S/C27H38O3/c1-22-16-23(18-25(28)17-22)14-12-10-8-6-4-2-3-5-7-9-11-13-15-24-19-26(29)21-27(30)20-24/h3,5,16-21,28-30H,2,4,6-15H2,1H3/b5-3+. The van der Waals surface area contributed by atoms with E-state index in [2.05, 4.69) is 18.2 Å². The number of aryl methyl sites for hydroxylation is 3. The van der Waals surface area contributed by atoms with Crippen molar-refractivity contribution >= 4 is 0 Å². The number of phenolic OH excluding ortho intramolecular Hbond substituents is 3. The Bertz CT molecular complexity index is 739. The number of phenols is 3. The zero-order chi connectivity index (χ0) is 21.6. The van der Waals surface area contributed by atoms with Crippen molar-refractivity contribution in [3.63, 3.8) is 0 Å². The summed E-state index contributed by atoms with van der Waals surface area (Å²) in [6.45, 7) is 2.03. The molecule has 0 bridgehead atoms. The fraction of sp³-hybridized carbons (Fsp3) is 0.481. The molecule has 0 spiro atoms. The first-order valence-corrected chi connectivity index (χ1v) is 11.5. The molecule has 30 heavy (non-hydrogen) atoms. The molecule has 164 valence electrons. The van der Waals surface area contributed by atoms with E-state index in [1.54, 1.807) is 18.2 Å². The molecule has 0 aliphatic heterocycles. The number of hydrogen-bond donors (Lipinski definition) is 3. The van der Waals surface area contributed by atoms with Crippen LogP contribution < -0.4 is 0 Å². The van der Waals surface area contributed by atoms with E-state index in [-0.39, 0.29) is 11.5 Å². The molecule has 2 aromatic rings. The Morgan fingerprint density at radius 2 is 0.967 bits per heavy atom. The maximum absolute atomic E-state index is 9.64. The van der Waals surface area contributed by atoms with Crippen LogP contribution in [0, 0.1) is 6.92 Å². The molecule has 2 aromatic carbocycles. The number of rotatable bonds is 14. The second-order valence-corrected chi connectivity index (χ2v) is 8.41. The summed E-state index contributed by atoms with van der Waals surface area (Å²) in [7, 11) is 0. The van der Waals surface area contributed by atoms with Gasteiger partial charge in [0.25, 0.3) is 0 Å². The van der Waals surface area contributed by atoms with Crippen LogP contribution in [0.25, 0.3) is 0 Å². The minimum Gasteiger partial charge on any atom is -0.508 e. The molecule has 0 saturated heterocycles. The first-order valence-electron chi connectivity index (χ1n) is 11.5. The van der Waals surface area contributed by atoms with Crippen LogP contribution in [0.1, 0.15) is 80.9 Å². The van der Waals surface area contributed by atoms with E-state index in [1.165, 1.54) is 63.0 Å². The molecule has 0 aromatic heterocycles. The van der Waals surface area contributed by atoms with Gasteiger partial charge in [0.2, 0.25) is 0 Å². The maximum atomic E-state index is 9.64. The van der Waals surface area contributed by atoms with Crippen molar-refractivity contribution in [2.24, 2.45) is 0 Å². The summed E-state index contributed by atoms with van der Waals surface area (Å²) in [6.07, 6.45) is 18.6. The van der Waals surface area contributed by atoms with Gasteiger partial charge in [-0.15, -0.1) is 0 Å². The van der Waals surface area contributed by atoms with Gasteiger partial charge in [-0.1, -0.05) is 43.9 Å². The molecule has 0 heterocycles. The summed E-state index contributed by atoms with van der Waals surface area (Å²) >= 11 is 0. The van der Waals surface area contributed by atoms with Crippen LogP contribution in [0.2, 0.25) is 0 Å². The summed E-state index contributed by atoms with van der Waals surface area (Å²) in [4.78, 5) is 0. The van der Waals surface area contributed by atoms with Gasteiger partial charge in [0.05, 0.1) is 0 Å². The lowest BCUT2D eigenvalue weighted by Gasteiger charge is -2.04. The number of benzene rings is 2. The molecule has 0 saturated carbocycles. The smallest absolute Gasteiger partial charge is 0.119 e. The largest absolute Gasteiger partial charge is 0.508 e. The van der Waals surface area contributed by atoms with Gasteiger partial charge in [0.15, 0.2) is 0 Å². The predicted molar refractivity (Wildman–Crippen MR) is 125 cm³/mol. The highest BCUT2D eigenvalue weighted by molar-refractivity contribution is 5.36. The fourth-order valence-corrected chi connectivity index (χ4v) is 3.91. The van der Waals surface area contributed by atoms with Gasteiger partial charge in [-0.3, -0.25) is 0 Å². The second-order valence-electron chi connectivity index (χ2n) is 8.41. The molecule has 3 heteroatoms. The number of unbranched alkanes of at least 4 members (excludes halogenated alkanes) is 8. The van der Waals surface area contributed by atoms with Crippen LogP contribution in [-0.2, 0) is 12.8 Å². The maximum Gasteiger partial charge on any atom is 0.119 e. The molecule has 0 amide bonds. The van der Waals surface area contributed by atoms with Crippen molar-refractivity contribution in [1.29, 1.82) is 0 Å². The van der Waals surface area contributed by atoms with Crippen LogP contribution in [0.5, 0.6) is 17.2 Å². The van der Waals surface area contributed by atoms with Crippen LogP contribution in [0.3, 0.4) is 0 Å². The van der Waals surface area contributed by atoms with Crippen LogP contribution in [0.4, 0.5) is 0 Å². The van der Waals surface area contributed by atoms with Gasteiger partial charge < -0.3 is 15.3 Å². The minimum atomic E-state index is 0.138. The molecule has 0 aliphatic carbocycles. The summed E-state index contributed by atoms with van der Waals surface area (Å²) in [5.41, 5.74) is 3.38. The van der Waals surface area contributed by atoms with Gasteiger partial charge >= 0.3 is 0 Å². The first-order chi connectivity index (χ1) is 14.5. The van der Waals surface area contributed by atoms with Gasteiger partial charge in [-0.2, -0.15) is 0 Å². The lowest BCUT2D eigenvalue weighted by molar-refractivity contribution is 0.449. The van der Waals surface area contributed by atoms with Gasteiger partial charge in [-0.05, 0) is 99.2 Å². The second kappa shape index (κ2) is 13.7. The van der Waals surface area contributed by atoms with Crippen molar-refractivity contribution in [1.82, 2.24) is 0 Å². The average Bonchev–Trinajstić information content (AvgIpc) is 2.66. The highest BCUT2D eigenvalue weighted by Gasteiger charge is 2.00. The molecule has 0 atom stereocenters. The molecule has 0 radical (unpaired) electrons. The van der Waals surface area contributed by atoms with Crippen molar-refractivity contribution in [3.8, 4) is 17.2 Å². The summed E-state index contributed by atoms with van der Waals surface area (Å²) in [6, 6.07) is 10.7. The monoisotopic (exact) mass is 410 g/mol. The van der Waals surface area contributed by atoms with Gasteiger partial charge in [0.1, 0.15) is 17.2 Å². The number of allylic oxidation sites excluding steroid dienone is 2. The SMILES string of the molecule is Cc1cc(O)cc(CCCCCCC/C=C/CCCCCc2cc(O)cc(O)c2)c1. The Morgan fingerprint density at radius 3 is 1.53 bits per heavy atom. The summed E-state index contributed by atoms with van der Waals surface area (Å²) < 4.78 is 0. The predicted octanol–water partition coefficient (Wildman–Crippen LogP) is 7.35. The Balaban J connectivity index is 1.40. The molecule has 3 nitrogen and oxygen atoms in total. The molecule has 2 rings (SSSR count). The zero-order valence-electron chi connectivity index (χ0n) is 18.4. The Labute approximate surface area is 182 Å². The molecule has 0 aliphatic rings. The fourth-order valence-electron chi connectivity index (χ4n) is 3.91. The van der Waals surface area contributed by atoms with Crippen LogP contribution in [0.15, 0.2) is 48.6 Å². The molecule has 0 unspecified atom stereocenters. The van der Waals surface area contributed by atoms with Crippen LogP contribution >= 0.6 is 0 Å². The highest BCUT2D eigenvalue weighted by atomic mass is 16.3. The van der Waals surface area contributed by atoms with Crippen molar-refractivity contribution in [3.05, 3.63) is 65.2 Å². The first kappa shape index (κ1) is 23.9. The normalized spacial score (nSPS) is 11.4. The Kier molecular flexibility index (Phi) is 10.9. The minimum absolute atomic E-state index is 0.138. The van der Waals surface area contributed by atoms with Crippen molar-refractivity contribution < 1.29 is 15.3 Å². The van der Waals surface area contributed by atoms with Crippen LogP contribution in [-0.4, -0.2) is 15.3 Å². The lowest BCUT2D eigenvalue weighted by Crippen LogP contribution is -1.87. The van der Waals surface area contributed by atoms with Gasteiger partial charge in [-0.25, -0.2) is 0 Å². The van der Waals surface area contributed by atoms with E-state index < -0.39 is 0 Å². The van der Waals surface area contributed by atoms with Crippen molar-refractivity contribution in [2.45, 2.75) is 84.0 Å². The van der Waals surface area contributed by atoms with E-state index in [0.29, 0.717) is 5.75 Å². The Hall–Kier alpha value is -2.42. The number of hydrogen-bond acceptors (Lipinski definition) is 3. The highest BCUT2D eigenvalue weighted by Crippen LogP contribution is 2.22. The molecule has 3 N–H and O–H groups in total. The van der Waals surface area contributed by atoms with E-state index in [9.17, 15) is 15.3 Å². The average molecular weight is 411 g/mol. The van der Waals surface area contributed by atoms with E-state index in [4.69, 9.17) is 0 Å². The summed E-state index contributed by atoms with van der Waals surface area (Å²) in [5, 5.41) is 28.6. The summed E-state index contributed by atoms with van der Waals surface area (Å²) in [5.74, 6) is 0.660. The molecule has 0 fully saturated rings.